The normalized spacial score (nSPS) is 14.9. The van der Waals surface area contributed by atoms with E-state index in [1.807, 2.05) is 43.3 Å². The summed E-state index contributed by atoms with van der Waals surface area (Å²) < 4.78 is 13.8. The van der Waals surface area contributed by atoms with E-state index >= 15 is 0 Å². The first-order valence-electron chi connectivity index (χ1n) is 10.8. The highest BCUT2D eigenvalue weighted by Crippen LogP contribution is 2.40. The number of nitrogens with zero attached hydrogens (tertiary/aromatic N) is 3. The molecule has 0 unspecified atom stereocenters. The smallest absolute Gasteiger partial charge is 0.255 e. The Bertz CT molecular complexity index is 1220. The molecule has 0 saturated heterocycles. The number of aliphatic hydroxyl groups excluding tert-OH is 1. The Labute approximate surface area is 211 Å². The van der Waals surface area contributed by atoms with Gasteiger partial charge in [0.1, 0.15) is 17.5 Å². The average Bonchev–Trinajstić information content (AvgIpc) is 3.25. The summed E-state index contributed by atoms with van der Waals surface area (Å²) in [6.07, 6.45) is 1.07. The zero-order chi connectivity index (χ0) is 24.2. The Morgan fingerprint density at radius 1 is 1.21 bits per heavy atom. The highest BCUT2D eigenvalue weighted by atomic mass is 127. The molecule has 1 aliphatic heterocycles. The van der Waals surface area contributed by atoms with Gasteiger partial charge < -0.3 is 25.2 Å². The lowest BCUT2D eigenvalue weighted by Gasteiger charge is -2.29. The van der Waals surface area contributed by atoms with Crippen LogP contribution in [0.2, 0.25) is 0 Å². The second-order valence-corrected chi connectivity index (χ2v) is 9.00. The Kier molecular flexibility index (Phi) is 7.37. The van der Waals surface area contributed by atoms with Gasteiger partial charge in [-0.15, -0.1) is 0 Å². The van der Waals surface area contributed by atoms with Crippen LogP contribution >= 0.6 is 22.6 Å². The van der Waals surface area contributed by atoms with Crippen molar-refractivity contribution >= 4 is 40.1 Å². The third-order valence-electron chi connectivity index (χ3n) is 5.54. The second kappa shape index (κ2) is 10.4. The van der Waals surface area contributed by atoms with Crippen LogP contribution in [0.4, 0.5) is 11.6 Å². The largest absolute Gasteiger partial charge is 0.497 e. The predicted molar refractivity (Wildman–Crippen MR) is 137 cm³/mol. The van der Waals surface area contributed by atoms with Crippen LogP contribution in [-0.4, -0.2) is 46.6 Å². The number of allylic oxidation sites excluding steroid dienone is 1. The summed E-state index contributed by atoms with van der Waals surface area (Å²) >= 11 is 2.22. The molecule has 0 spiro atoms. The molecule has 0 fully saturated rings. The van der Waals surface area contributed by atoms with Crippen molar-refractivity contribution in [2.75, 3.05) is 31.5 Å². The Morgan fingerprint density at radius 2 is 1.97 bits per heavy atom. The Morgan fingerprint density at radius 3 is 2.65 bits per heavy atom. The van der Waals surface area contributed by atoms with Crippen molar-refractivity contribution in [3.05, 3.63) is 68.7 Å². The van der Waals surface area contributed by atoms with Gasteiger partial charge in [-0.25, -0.2) is 4.68 Å². The summed E-state index contributed by atoms with van der Waals surface area (Å²) in [5.41, 5.74) is 2.60. The second-order valence-electron chi connectivity index (χ2n) is 7.76. The van der Waals surface area contributed by atoms with Crippen molar-refractivity contribution < 1.29 is 19.4 Å². The van der Waals surface area contributed by atoms with E-state index in [2.05, 4.69) is 43.3 Å². The first kappa shape index (κ1) is 24.0. The van der Waals surface area contributed by atoms with Gasteiger partial charge in [-0.05, 0) is 72.3 Å². The molecule has 34 heavy (non-hydrogen) atoms. The average molecular weight is 575 g/mol. The Balaban J connectivity index is 1.81. The van der Waals surface area contributed by atoms with Crippen molar-refractivity contribution in [3.63, 3.8) is 0 Å². The fourth-order valence-corrected chi connectivity index (χ4v) is 4.26. The van der Waals surface area contributed by atoms with Crippen LogP contribution in [0.5, 0.6) is 11.5 Å². The molecule has 1 aliphatic rings. The van der Waals surface area contributed by atoms with Crippen LogP contribution in [-0.2, 0) is 11.2 Å². The van der Waals surface area contributed by atoms with Crippen molar-refractivity contribution in [2.45, 2.75) is 25.8 Å². The van der Waals surface area contributed by atoms with Crippen LogP contribution in [0.3, 0.4) is 0 Å². The maximum absolute atomic E-state index is 13.6. The first-order chi connectivity index (χ1) is 16.4. The molecule has 1 aromatic heterocycles. The maximum atomic E-state index is 13.6. The fourth-order valence-electron chi connectivity index (χ4n) is 3.90. The third kappa shape index (κ3) is 4.87. The van der Waals surface area contributed by atoms with E-state index < -0.39 is 6.04 Å². The van der Waals surface area contributed by atoms with E-state index in [0.717, 1.165) is 9.13 Å². The standard InChI is InChI=1S/C24H26IN5O4/c1-14-21(23(32)27-16-8-6-15(25)7-9-16)22(18-11-10-17(33-2)13-19(18)34-3)30-24(26-14)28-20(29-30)5-4-12-31/h6-11,13,22,31H,4-5,12H2,1-3H3,(H,27,32)(H,26,28,29)/t22-/m1/s1. The van der Waals surface area contributed by atoms with E-state index in [1.165, 1.54) is 0 Å². The lowest BCUT2D eigenvalue weighted by atomic mass is 9.94. The summed E-state index contributed by atoms with van der Waals surface area (Å²) in [6, 6.07) is 12.5. The summed E-state index contributed by atoms with van der Waals surface area (Å²) in [4.78, 5) is 18.2. The highest BCUT2D eigenvalue weighted by Gasteiger charge is 2.36. The van der Waals surface area contributed by atoms with Crippen molar-refractivity contribution in [1.82, 2.24) is 14.8 Å². The number of carbonyl (C=O) groups excluding carboxylic acids is 1. The summed E-state index contributed by atoms with van der Waals surface area (Å²) in [7, 11) is 3.17. The van der Waals surface area contributed by atoms with E-state index in [1.54, 1.807) is 25.0 Å². The number of hydrogen-bond donors (Lipinski definition) is 3. The SMILES string of the molecule is COc1ccc([C@@H]2C(C(=O)Nc3ccc(I)cc3)=C(C)Nc3nc(CCCO)nn32)c(OC)c1. The molecule has 10 heteroatoms. The minimum atomic E-state index is -0.587. The number of amides is 1. The number of ether oxygens (including phenoxy) is 2. The van der Waals surface area contributed by atoms with Gasteiger partial charge in [0.2, 0.25) is 5.95 Å². The zero-order valence-corrected chi connectivity index (χ0v) is 21.3. The number of fused-ring (bicyclic) bond motifs is 1. The summed E-state index contributed by atoms with van der Waals surface area (Å²) in [5.74, 6) is 2.06. The number of nitrogens with one attached hydrogen (secondary N) is 2. The molecule has 1 amide bonds. The number of anilines is 2. The molecular formula is C24H26IN5O4. The minimum Gasteiger partial charge on any atom is -0.497 e. The molecule has 3 aromatic rings. The fraction of sp³-hybridized carbons (Fsp3) is 0.292. The molecule has 3 N–H and O–H groups in total. The highest BCUT2D eigenvalue weighted by molar-refractivity contribution is 14.1. The van der Waals surface area contributed by atoms with Crippen LogP contribution in [0.15, 0.2) is 53.7 Å². The number of aliphatic hydroxyl groups is 1. The van der Waals surface area contributed by atoms with Crippen LogP contribution in [0, 0.1) is 3.57 Å². The molecule has 4 rings (SSSR count). The maximum Gasteiger partial charge on any atom is 0.255 e. The number of halogens is 1. The van der Waals surface area contributed by atoms with Gasteiger partial charge in [0.25, 0.3) is 5.91 Å². The number of hydrogen-bond acceptors (Lipinski definition) is 7. The molecule has 0 bridgehead atoms. The third-order valence-corrected chi connectivity index (χ3v) is 6.26. The summed E-state index contributed by atoms with van der Waals surface area (Å²) in [5, 5.41) is 20.1. The molecule has 2 heterocycles. The van der Waals surface area contributed by atoms with Gasteiger partial charge in [0.05, 0.1) is 19.8 Å². The van der Waals surface area contributed by atoms with Gasteiger partial charge in [0.15, 0.2) is 5.82 Å². The number of rotatable bonds is 8. The number of aryl methyl sites for hydroxylation is 1. The lowest BCUT2D eigenvalue weighted by molar-refractivity contribution is -0.113. The van der Waals surface area contributed by atoms with Gasteiger partial charge >= 0.3 is 0 Å². The number of benzene rings is 2. The Hall–Kier alpha value is -3.12. The molecule has 1 atom stereocenters. The van der Waals surface area contributed by atoms with Gasteiger partial charge in [0, 0.05) is 39.6 Å². The van der Waals surface area contributed by atoms with Crippen molar-refractivity contribution in [1.29, 1.82) is 0 Å². The monoisotopic (exact) mass is 575 g/mol. The van der Waals surface area contributed by atoms with Gasteiger partial charge in [-0.3, -0.25) is 4.79 Å². The van der Waals surface area contributed by atoms with E-state index in [9.17, 15) is 9.90 Å². The number of methoxy groups -OCH3 is 2. The van der Waals surface area contributed by atoms with Crippen LogP contribution < -0.4 is 20.1 Å². The molecule has 0 aliphatic carbocycles. The molecule has 2 aromatic carbocycles. The zero-order valence-electron chi connectivity index (χ0n) is 19.1. The predicted octanol–water partition coefficient (Wildman–Crippen LogP) is 3.75. The van der Waals surface area contributed by atoms with E-state index in [0.29, 0.717) is 53.1 Å². The van der Waals surface area contributed by atoms with E-state index in [-0.39, 0.29) is 12.5 Å². The molecular weight excluding hydrogens is 549 g/mol. The minimum absolute atomic E-state index is 0.0496. The van der Waals surface area contributed by atoms with Crippen LogP contribution in [0.25, 0.3) is 0 Å². The first-order valence-corrected chi connectivity index (χ1v) is 11.9. The number of aromatic nitrogens is 3. The molecule has 178 valence electrons. The van der Waals surface area contributed by atoms with Crippen LogP contribution in [0.1, 0.15) is 30.8 Å². The number of carbonyl (C=O) groups is 1. The van der Waals surface area contributed by atoms with Crippen molar-refractivity contribution in [3.8, 4) is 11.5 Å². The molecule has 0 saturated carbocycles. The van der Waals surface area contributed by atoms with Crippen molar-refractivity contribution in [2.24, 2.45) is 0 Å². The van der Waals surface area contributed by atoms with Gasteiger partial charge in [-0.1, -0.05) is 0 Å². The quantitative estimate of drug-likeness (QED) is 0.351. The van der Waals surface area contributed by atoms with Gasteiger partial charge in [-0.2, -0.15) is 10.1 Å². The van der Waals surface area contributed by atoms with E-state index in [4.69, 9.17) is 9.47 Å². The molecule has 0 radical (unpaired) electrons. The molecule has 9 nitrogen and oxygen atoms in total. The topological polar surface area (TPSA) is 111 Å². The lowest BCUT2D eigenvalue weighted by Crippen LogP contribution is -2.31. The summed E-state index contributed by atoms with van der Waals surface area (Å²) in [6.45, 7) is 1.89.